The summed E-state index contributed by atoms with van der Waals surface area (Å²) in [5.41, 5.74) is 1.57. The van der Waals surface area contributed by atoms with Crippen molar-refractivity contribution in [1.82, 2.24) is 4.90 Å². The standard InChI is InChI=1S/C8H16ClN/c1-4-8(2)10(3)7-5-6-9/h5-6,8H,4,7H2,1-3H3/b6-5+. The van der Waals surface area contributed by atoms with Gasteiger partial charge >= 0.3 is 0 Å². The predicted octanol–water partition coefficient (Wildman–Crippen LogP) is 2.47. The average Bonchev–Trinajstić information content (AvgIpc) is 1.98. The van der Waals surface area contributed by atoms with Gasteiger partial charge < -0.3 is 4.90 Å². The van der Waals surface area contributed by atoms with Crippen LogP contribution >= 0.6 is 11.6 Å². The van der Waals surface area contributed by atoms with Crippen molar-refractivity contribution in [2.24, 2.45) is 0 Å². The van der Waals surface area contributed by atoms with Crippen molar-refractivity contribution in [2.45, 2.75) is 26.3 Å². The average molecular weight is 162 g/mol. The second-order valence-electron chi connectivity index (χ2n) is 2.56. The summed E-state index contributed by atoms with van der Waals surface area (Å²) in [7, 11) is 2.10. The van der Waals surface area contributed by atoms with Gasteiger partial charge in [0.15, 0.2) is 0 Å². The highest BCUT2D eigenvalue weighted by Gasteiger charge is 2.02. The Hall–Kier alpha value is -0.0100. The molecule has 60 valence electrons. The van der Waals surface area contributed by atoms with Gasteiger partial charge in [0.05, 0.1) is 0 Å². The molecule has 1 unspecified atom stereocenters. The zero-order valence-corrected chi connectivity index (χ0v) is 7.73. The molecule has 2 heteroatoms. The Balaban J connectivity index is 3.50. The second-order valence-corrected chi connectivity index (χ2v) is 2.81. The Morgan fingerprint density at radius 1 is 1.60 bits per heavy atom. The highest BCUT2D eigenvalue weighted by atomic mass is 35.5. The van der Waals surface area contributed by atoms with E-state index in [0.717, 1.165) is 6.54 Å². The molecule has 0 aliphatic heterocycles. The monoisotopic (exact) mass is 161 g/mol. The molecule has 1 nitrogen and oxygen atoms in total. The fourth-order valence-corrected chi connectivity index (χ4v) is 0.777. The molecule has 10 heavy (non-hydrogen) atoms. The number of hydrogen-bond acceptors (Lipinski definition) is 1. The number of likely N-dealkylation sites (N-methyl/N-ethyl adjacent to an activating group) is 1. The van der Waals surface area contributed by atoms with E-state index in [4.69, 9.17) is 11.6 Å². The number of nitrogens with zero attached hydrogens (tertiary/aromatic N) is 1. The first-order chi connectivity index (χ1) is 4.72. The summed E-state index contributed by atoms with van der Waals surface area (Å²) in [6, 6.07) is 0.646. The third kappa shape index (κ3) is 3.91. The molecule has 0 aromatic rings. The maximum absolute atomic E-state index is 5.39. The van der Waals surface area contributed by atoms with Gasteiger partial charge in [-0.25, -0.2) is 0 Å². The maximum atomic E-state index is 5.39. The van der Waals surface area contributed by atoms with Crippen LogP contribution in [-0.4, -0.2) is 24.5 Å². The van der Waals surface area contributed by atoms with Crippen LogP contribution in [0.4, 0.5) is 0 Å². The van der Waals surface area contributed by atoms with Crippen molar-refractivity contribution in [2.75, 3.05) is 13.6 Å². The predicted molar refractivity (Wildman–Crippen MR) is 47.4 cm³/mol. The Morgan fingerprint density at radius 2 is 2.20 bits per heavy atom. The summed E-state index contributed by atoms with van der Waals surface area (Å²) in [6.07, 6.45) is 3.14. The lowest BCUT2D eigenvalue weighted by atomic mass is 10.2. The van der Waals surface area contributed by atoms with E-state index in [0.29, 0.717) is 6.04 Å². The third-order valence-corrected chi connectivity index (χ3v) is 2.00. The van der Waals surface area contributed by atoms with Crippen molar-refractivity contribution in [3.8, 4) is 0 Å². The first kappa shape index (κ1) is 9.99. The third-order valence-electron chi connectivity index (χ3n) is 1.83. The molecule has 0 N–H and O–H groups in total. The van der Waals surface area contributed by atoms with Gasteiger partial charge in [-0.15, -0.1) is 0 Å². The summed E-state index contributed by atoms with van der Waals surface area (Å²) < 4.78 is 0. The molecule has 0 saturated heterocycles. The lowest BCUT2D eigenvalue weighted by Crippen LogP contribution is -2.28. The van der Waals surface area contributed by atoms with E-state index < -0.39 is 0 Å². The first-order valence-corrected chi connectivity index (χ1v) is 4.11. The van der Waals surface area contributed by atoms with Crippen molar-refractivity contribution in [3.05, 3.63) is 11.6 Å². The van der Waals surface area contributed by atoms with Crippen LogP contribution < -0.4 is 0 Å². The molecule has 0 bridgehead atoms. The maximum Gasteiger partial charge on any atom is 0.0174 e. The van der Waals surface area contributed by atoms with Gasteiger partial charge in [-0.1, -0.05) is 24.6 Å². The molecule has 0 aromatic heterocycles. The fourth-order valence-electron chi connectivity index (χ4n) is 0.698. The van der Waals surface area contributed by atoms with E-state index >= 15 is 0 Å². The van der Waals surface area contributed by atoms with E-state index in [1.807, 2.05) is 6.08 Å². The Labute approximate surface area is 68.7 Å². The molecule has 0 heterocycles. The molecule has 1 atom stereocenters. The normalized spacial score (nSPS) is 14.9. The lowest BCUT2D eigenvalue weighted by Gasteiger charge is -2.21. The molecule has 0 spiro atoms. The smallest absolute Gasteiger partial charge is 0.0174 e. The molecule has 0 rings (SSSR count). The van der Waals surface area contributed by atoms with E-state index in [1.54, 1.807) is 5.54 Å². The van der Waals surface area contributed by atoms with Crippen LogP contribution in [0.25, 0.3) is 0 Å². The highest BCUT2D eigenvalue weighted by molar-refractivity contribution is 6.25. The van der Waals surface area contributed by atoms with Crippen LogP contribution in [-0.2, 0) is 0 Å². The highest BCUT2D eigenvalue weighted by Crippen LogP contribution is 1.99. The molecule has 0 aliphatic carbocycles. The van der Waals surface area contributed by atoms with E-state index in [2.05, 4.69) is 25.8 Å². The largest absolute Gasteiger partial charge is 0.300 e. The minimum absolute atomic E-state index is 0.646. The molecule has 0 amide bonds. The van der Waals surface area contributed by atoms with Gasteiger partial charge in [-0.05, 0) is 20.4 Å². The Kier molecular flexibility index (Phi) is 5.74. The Bertz CT molecular complexity index is 101. The summed E-state index contributed by atoms with van der Waals surface area (Å²) in [5.74, 6) is 0. The topological polar surface area (TPSA) is 3.24 Å². The van der Waals surface area contributed by atoms with Crippen LogP contribution in [0, 0.1) is 0 Å². The Morgan fingerprint density at radius 3 is 2.60 bits per heavy atom. The van der Waals surface area contributed by atoms with Crippen LogP contribution in [0.5, 0.6) is 0 Å². The minimum atomic E-state index is 0.646. The molecule has 0 aromatic carbocycles. The van der Waals surface area contributed by atoms with Crippen molar-refractivity contribution in [1.29, 1.82) is 0 Å². The SMILES string of the molecule is CCC(C)N(C)C/C=C/Cl. The number of hydrogen-bond donors (Lipinski definition) is 0. The van der Waals surface area contributed by atoms with E-state index in [9.17, 15) is 0 Å². The van der Waals surface area contributed by atoms with Crippen LogP contribution in [0.2, 0.25) is 0 Å². The first-order valence-electron chi connectivity index (χ1n) is 3.67. The molecular weight excluding hydrogens is 146 g/mol. The summed E-state index contributed by atoms with van der Waals surface area (Å²) in [6.45, 7) is 5.34. The zero-order valence-electron chi connectivity index (χ0n) is 6.97. The van der Waals surface area contributed by atoms with Crippen molar-refractivity contribution in [3.63, 3.8) is 0 Å². The quantitative estimate of drug-likeness (QED) is 0.613. The van der Waals surface area contributed by atoms with E-state index in [-0.39, 0.29) is 0 Å². The minimum Gasteiger partial charge on any atom is -0.300 e. The summed E-state index contributed by atoms with van der Waals surface area (Å²) in [5, 5.41) is 0. The van der Waals surface area contributed by atoms with Gasteiger partial charge in [0.2, 0.25) is 0 Å². The van der Waals surface area contributed by atoms with E-state index in [1.165, 1.54) is 6.42 Å². The molecule has 0 fully saturated rings. The van der Waals surface area contributed by atoms with Gasteiger partial charge in [-0.2, -0.15) is 0 Å². The van der Waals surface area contributed by atoms with Crippen molar-refractivity contribution < 1.29 is 0 Å². The van der Waals surface area contributed by atoms with Crippen LogP contribution in [0.1, 0.15) is 20.3 Å². The summed E-state index contributed by atoms with van der Waals surface area (Å²) >= 11 is 5.39. The van der Waals surface area contributed by atoms with Gasteiger partial charge in [0.25, 0.3) is 0 Å². The molecular formula is C8H16ClN. The zero-order chi connectivity index (χ0) is 7.98. The second kappa shape index (κ2) is 5.75. The van der Waals surface area contributed by atoms with Gasteiger partial charge in [0.1, 0.15) is 0 Å². The fraction of sp³-hybridized carbons (Fsp3) is 0.750. The van der Waals surface area contributed by atoms with Crippen LogP contribution in [0.3, 0.4) is 0 Å². The number of halogens is 1. The van der Waals surface area contributed by atoms with Crippen molar-refractivity contribution >= 4 is 11.6 Å². The molecule has 0 radical (unpaired) electrons. The number of rotatable bonds is 4. The van der Waals surface area contributed by atoms with Gasteiger partial charge in [-0.3, -0.25) is 0 Å². The molecule has 0 aliphatic rings. The van der Waals surface area contributed by atoms with Crippen LogP contribution in [0.15, 0.2) is 11.6 Å². The molecule has 0 saturated carbocycles. The summed E-state index contributed by atoms with van der Waals surface area (Å²) in [4.78, 5) is 2.26. The lowest BCUT2D eigenvalue weighted by molar-refractivity contribution is 0.278. The van der Waals surface area contributed by atoms with Gasteiger partial charge in [0, 0.05) is 18.1 Å².